The summed E-state index contributed by atoms with van der Waals surface area (Å²) in [4.78, 5) is 22.2. The summed E-state index contributed by atoms with van der Waals surface area (Å²) in [7, 11) is 0. The SMILES string of the molecule is CC(C)(C)c1nc2c(o1)CCN(C(=O)c1ccncc1F)C2. The Bertz CT molecular complexity index is 718. The summed E-state index contributed by atoms with van der Waals surface area (Å²) in [5.41, 5.74) is 0.626. The standard InChI is InChI=1S/C16H18FN3O2/c1-16(2,3)15-19-12-9-20(7-5-13(12)22-15)14(21)10-4-6-18-8-11(10)17/h4,6,8H,5,7,9H2,1-3H3. The first-order chi connectivity index (χ1) is 10.4. The van der Waals surface area contributed by atoms with Crippen LogP contribution in [0.15, 0.2) is 22.9 Å². The summed E-state index contributed by atoms with van der Waals surface area (Å²) in [6.07, 6.45) is 3.06. The quantitative estimate of drug-likeness (QED) is 0.812. The van der Waals surface area contributed by atoms with Crippen LogP contribution in [0, 0.1) is 5.82 Å². The Labute approximate surface area is 128 Å². The van der Waals surface area contributed by atoms with E-state index in [4.69, 9.17) is 4.42 Å². The van der Waals surface area contributed by atoms with Crippen molar-refractivity contribution in [2.45, 2.75) is 39.2 Å². The van der Waals surface area contributed by atoms with Crippen LogP contribution in [0.5, 0.6) is 0 Å². The lowest BCUT2D eigenvalue weighted by atomic mass is 9.97. The normalized spacial score (nSPS) is 14.8. The van der Waals surface area contributed by atoms with E-state index in [1.807, 2.05) is 20.8 Å². The average molecular weight is 303 g/mol. The van der Waals surface area contributed by atoms with Gasteiger partial charge in [0, 0.05) is 24.6 Å². The molecule has 0 unspecified atom stereocenters. The zero-order valence-corrected chi connectivity index (χ0v) is 12.9. The number of pyridine rings is 1. The predicted octanol–water partition coefficient (Wildman–Crippen LogP) is 2.70. The molecule has 22 heavy (non-hydrogen) atoms. The molecule has 116 valence electrons. The second-order valence-corrected chi connectivity index (χ2v) is 6.47. The minimum atomic E-state index is -0.603. The van der Waals surface area contributed by atoms with E-state index in [0.717, 1.165) is 17.7 Å². The van der Waals surface area contributed by atoms with Gasteiger partial charge in [-0.05, 0) is 6.07 Å². The van der Waals surface area contributed by atoms with Crippen molar-refractivity contribution < 1.29 is 13.6 Å². The minimum Gasteiger partial charge on any atom is -0.445 e. The van der Waals surface area contributed by atoms with Crippen LogP contribution >= 0.6 is 0 Å². The van der Waals surface area contributed by atoms with Gasteiger partial charge < -0.3 is 9.32 Å². The Morgan fingerprint density at radius 2 is 2.18 bits per heavy atom. The largest absolute Gasteiger partial charge is 0.445 e. The summed E-state index contributed by atoms with van der Waals surface area (Å²) < 4.78 is 19.5. The van der Waals surface area contributed by atoms with Gasteiger partial charge >= 0.3 is 0 Å². The molecule has 0 aliphatic carbocycles. The number of fused-ring (bicyclic) bond motifs is 1. The molecule has 6 heteroatoms. The fourth-order valence-corrected chi connectivity index (χ4v) is 2.41. The van der Waals surface area contributed by atoms with E-state index < -0.39 is 5.82 Å². The van der Waals surface area contributed by atoms with Crippen molar-refractivity contribution >= 4 is 5.91 Å². The maximum Gasteiger partial charge on any atom is 0.257 e. The molecule has 1 aliphatic rings. The third-order valence-corrected chi connectivity index (χ3v) is 3.66. The summed E-state index contributed by atoms with van der Waals surface area (Å²) in [6.45, 7) is 6.92. The number of nitrogens with zero attached hydrogens (tertiary/aromatic N) is 3. The first-order valence-corrected chi connectivity index (χ1v) is 7.24. The van der Waals surface area contributed by atoms with Gasteiger partial charge in [0.15, 0.2) is 11.7 Å². The van der Waals surface area contributed by atoms with Crippen molar-refractivity contribution in [2.75, 3.05) is 6.54 Å². The van der Waals surface area contributed by atoms with Crippen LogP contribution in [0.2, 0.25) is 0 Å². The molecular weight excluding hydrogens is 285 g/mol. The molecule has 0 radical (unpaired) electrons. The molecular formula is C16H18FN3O2. The van der Waals surface area contributed by atoms with Crippen LogP contribution in [0.1, 0.15) is 48.5 Å². The number of halogens is 1. The van der Waals surface area contributed by atoms with E-state index in [2.05, 4.69) is 9.97 Å². The molecule has 0 atom stereocenters. The highest BCUT2D eigenvalue weighted by Gasteiger charge is 2.30. The maximum atomic E-state index is 13.7. The Morgan fingerprint density at radius 1 is 1.41 bits per heavy atom. The molecule has 0 N–H and O–H groups in total. The molecule has 0 spiro atoms. The maximum absolute atomic E-state index is 13.7. The van der Waals surface area contributed by atoms with Gasteiger partial charge in [-0.1, -0.05) is 20.8 Å². The Hall–Kier alpha value is -2.24. The summed E-state index contributed by atoms with van der Waals surface area (Å²) >= 11 is 0. The molecule has 3 rings (SSSR count). The number of rotatable bonds is 1. The van der Waals surface area contributed by atoms with Crippen molar-refractivity contribution in [2.24, 2.45) is 0 Å². The second-order valence-electron chi connectivity index (χ2n) is 6.47. The smallest absolute Gasteiger partial charge is 0.257 e. The highest BCUT2D eigenvalue weighted by molar-refractivity contribution is 5.94. The van der Waals surface area contributed by atoms with Gasteiger partial charge in [0.2, 0.25) is 0 Å². The lowest BCUT2D eigenvalue weighted by Crippen LogP contribution is -2.36. The second kappa shape index (κ2) is 5.19. The summed E-state index contributed by atoms with van der Waals surface area (Å²) in [5.74, 6) is 0.547. The number of hydrogen-bond acceptors (Lipinski definition) is 4. The van der Waals surface area contributed by atoms with E-state index in [-0.39, 0.29) is 16.9 Å². The van der Waals surface area contributed by atoms with Crippen molar-refractivity contribution in [1.29, 1.82) is 0 Å². The highest BCUT2D eigenvalue weighted by Crippen LogP contribution is 2.28. The number of oxazole rings is 1. The molecule has 1 amide bonds. The average Bonchev–Trinajstić information content (AvgIpc) is 2.90. The van der Waals surface area contributed by atoms with E-state index in [0.29, 0.717) is 25.4 Å². The van der Waals surface area contributed by atoms with Crippen LogP contribution in [-0.2, 0) is 18.4 Å². The molecule has 5 nitrogen and oxygen atoms in total. The van der Waals surface area contributed by atoms with Crippen LogP contribution in [0.3, 0.4) is 0 Å². The Balaban J connectivity index is 1.84. The molecule has 0 fully saturated rings. The van der Waals surface area contributed by atoms with Gasteiger partial charge in [0.05, 0.1) is 18.3 Å². The number of amides is 1. The van der Waals surface area contributed by atoms with Crippen LogP contribution in [-0.4, -0.2) is 27.3 Å². The molecule has 0 bridgehead atoms. The predicted molar refractivity (Wildman–Crippen MR) is 77.8 cm³/mol. The fourth-order valence-electron chi connectivity index (χ4n) is 2.41. The van der Waals surface area contributed by atoms with Gasteiger partial charge in [-0.2, -0.15) is 0 Å². The van der Waals surface area contributed by atoms with E-state index in [1.165, 1.54) is 12.3 Å². The number of carbonyl (C=O) groups is 1. The number of aromatic nitrogens is 2. The molecule has 0 saturated carbocycles. The van der Waals surface area contributed by atoms with Crippen molar-refractivity contribution in [1.82, 2.24) is 14.9 Å². The Morgan fingerprint density at radius 3 is 2.86 bits per heavy atom. The lowest BCUT2D eigenvalue weighted by Gasteiger charge is -2.25. The molecule has 0 aromatic carbocycles. The van der Waals surface area contributed by atoms with E-state index >= 15 is 0 Å². The highest BCUT2D eigenvalue weighted by atomic mass is 19.1. The number of hydrogen-bond donors (Lipinski definition) is 0. The molecule has 1 aliphatic heterocycles. The van der Waals surface area contributed by atoms with Gasteiger partial charge in [0.1, 0.15) is 11.5 Å². The van der Waals surface area contributed by atoms with Gasteiger partial charge in [-0.3, -0.25) is 9.78 Å². The van der Waals surface area contributed by atoms with Crippen molar-refractivity contribution in [3.63, 3.8) is 0 Å². The molecule has 2 aromatic heterocycles. The van der Waals surface area contributed by atoms with E-state index in [9.17, 15) is 9.18 Å². The van der Waals surface area contributed by atoms with Crippen LogP contribution in [0.4, 0.5) is 4.39 Å². The zero-order valence-electron chi connectivity index (χ0n) is 12.9. The first-order valence-electron chi connectivity index (χ1n) is 7.24. The summed E-state index contributed by atoms with van der Waals surface area (Å²) in [5, 5.41) is 0. The molecule has 2 aromatic rings. The Kier molecular flexibility index (Phi) is 3.47. The summed E-state index contributed by atoms with van der Waals surface area (Å²) in [6, 6.07) is 1.40. The molecule has 0 saturated heterocycles. The minimum absolute atomic E-state index is 0.0398. The topological polar surface area (TPSA) is 59.2 Å². The zero-order chi connectivity index (χ0) is 15.9. The van der Waals surface area contributed by atoms with E-state index in [1.54, 1.807) is 4.90 Å². The fraction of sp³-hybridized carbons (Fsp3) is 0.438. The van der Waals surface area contributed by atoms with Crippen LogP contribution < -0.4 is 0 Å². The number of carbonyl (C=O) groups excluding carboxylic acids is 1. The third-order valence-electron chi connectivity index (χ3n) is 3.66. The van der Waals surface area contributed by atoms with Crippen molar-refractivity contribution in [3.05, 3.63) is 47.2 Å². The van der Waals surface area contributed by atoms with Gasteiger partial charge in [-0.15, -0.1) is 0 Å². The first kappa shape index (κ1) is 14.7. The van der Waals surface area contributed by atoms with Gasteiger partial charge in [0.25, 0.3) is 5.91 Å². The monoisotopic (exact) mass is 303 g/mol. The lowest BCUT2D eigenvalue weighted by molar-refractivity contribution is 0.0723. The molecule has 3 heterocycles. The van der Waals surface area contributed by atoms with Crippen molar-refractivity contribution in [3.8, 4) is 0 Å². The van der Waals surface area contributed by atoms with Gasteiger partial charge in [-0.25, -0.2) is 9.37 Å². The van der Waals surface area contributed by atoms with Crippen LogP contribution in [0.25, 0.3) is 0 Å². The third kappa shape index (κ3) is 2.61.